The summed E-state index contributed by atoms with van der Waals surface area (Å²) in [5, 5.41) is 23.7. The van der Waals surface area contributed by atoms with E-state index < -0.39 is 18.0 Å². The van der Waals surface area contributed by atoms with Gasteiger partial charge in [-0.05, 0) is 23.8 Å². The van der Waals surface area contributed by atoms with Crippen molar-refractivity contribution in [2.45, 2.75) is 19.1 Å². The second kappa shape index (κ2) is 8.65. The van der Waals surface area contributed by atoms with Gasteiger partial charge in [-0.25, -0.2) is 9.18 Å². The number of carbonyl (C=O) groups excluding carboxylic acids is 1. The molecule has 0 saturated heterocycles. The zero-order valence-electron chi connectivity index (χ0n) is 13.0. The maximum Gasteiger partial charge on any atom is 0.315 e. The summed E-state index contributed by atoms with van der Waals surface area (Å²) >= 11 is 0. The van der Waals surface area contributed by atoms with Gasteiger partial charge in [0.25, 0.3) is 0 Å². The molecule has 0 aromatic heterocycles. The number of nitrogens with one attached hydrogen (secondary N) is 2. The molecule has 0 aliphatic heterocycles. The van der Waals surface area contributed by atoms with Gasteiger partial charge in [-0.3, -0.25) is 0 Å². The Kier molecular flexibility index (Phi) is 6.29. The molecule has 0 aliphatic carbocycles. The van der Waals surface area contributed by atoms with Gasteiger partial charge in [0.1, 0.15) is 5.82 Å². The number of amides is 2. The topological polar surface area (TPSA) is 85.2 Å². The SMILES string of the molecule is N#Cc1ccc(F)c(CNC(=O)NCC(O)Cc2ccccc2)c1. The van der Waals surface area contributed by atoms with Gasteiger partial charge < -0.3 is 15.7 Å². The molecule has 1 atom stereocenters. The predicted molar refractivity (Wildman–Crippen MR) is 87.5 cm³/mol. The van der Waals surface area contributed by atoms with E-state index in [0.29, 0.717) is 12.0 Å². The lowest BCUT2D eigenvalue weighted by molar-refractivity contribution is 0.170. The zero-order valence-corrected chi connectivity index (χ0v) is 13.0. The number of aliphatic hydroxyl groups is 1. The number of nitrogens with zero attached hydrogens (tertiary/aromatic N) is 1. The minimum Gasteiger partial charge on any atom is -0.391 e. The van der Waals surface area contributed by atoms with E-state index in [9.17, 15) is 14.3 Å². The maximum atomic E-state index is 13.6. The molecule has 3 N–H and O–H groups in total. The van der Waals surface area contributed by atoms with Crippen molar-refractivity contribution in [1.29, 1.82) is 5.26 Å². The number of hydrogen-bond acceptors (Lipinski definition) is 3. The third-order valence-corrected chi connectivity index (χ3v) is 3.43. The first kappa shape index (κ1) is 17.4. The Labute approximate surface area is 139 Å². The number of urea groups is 1. The van der Waals surface area contributed by atoms with Crippen molar-refractivity contribution in [3.8, 4) is 6.07 Å². The van der Waals surface area contributed by atoms with Crippen molar-refractivity contribution in [3.05, 3.63) is 71.0 Å². The van der Waals surface area contributed by atoms with Crippen LogP contribution in [0, 0.1) is 17.1 Å². The lowest BCUT2D eigenvalue weighted by atomic mass is 10.1. The van der Waals surface area contributed by atoms with Crippen LogP contribution in [0.3, 0.4) is 0 Å². The molecule has 24 heavy (non-hydrogen) atoms. The number of hydrogen-bond donors (Lipinski definition) is 3. The summed E-state index contributed by atoms with van der Waals surface area (Å²) in [5.41, 5.74) is 1.53. The first-order chi connectivity index (χ1) is 11.6. The molecule has 2 amide bonds. The van der Waals surface area contributed by atoms with E-state index in [0.717, 1.165) is 5.56 Å². The molecule has 0 radical (unpaired) electrons. The van der Waals surface area contributed by atoms with Gasteiger partial charge in [0, 0.05) is 25.1 Å². The molecular weight excluding hydrogens is 309 g/mol. The second-order valence-corrected chi connectivity index (χ2v) is 5.33. The van der Waals surface area contributed by atoms with E-state index in [1.54, 1.807) is 0 Å². The standard InChI is InChI=1S/C18H18FN3O2/c19-17-7-6-14(10-20)8-15(17)11-21-18(24)22-12-16(23)9-13-4-2-1-3-5-13/h1-8,16,23H,9,11-12H2,(H2,21,22,24). The Hall–Kier alpha value is -2.91. The zero-order chi connectivity index (χ0) is 17.4. The summed E-state index contributed by atoms with van der Waals surface area (Å²) in [5.74, 6) is -0.488. The Morgan fingerprint density at radius 3 is 2.67 bits per heavy atom. The van der Waals surface area contributed by atoms with E-state index >= 15 is 0 Å². The Bertz CT molecular complexity index is 729. The van der Waals surface area contributed by atoms with E-state index in [2.05, 4.69) is 10.6 Å². The van der Waals surface area contributed by atoms with E-state index in [1.807, 2.05) is 36.4 Å². The van der Waals surface area contributed by atoms with Crippen LogP contribution in [0.1, 0.15) is 16.7 Å². The molecule has 5 nitrogen and oxygen atoms in total. The molecule has 0 saturated carbocycles. The van der Waals surface area contributed by atoms with Gasteiger partial charge in [0.05, 0.1) is 17.7 Å². The van der Waals surface area contributed by atoms with Crippen LogP contribution in [0.2, 0.25) is 0 Å². The van der Waals surface area contributed by atoms with Crippen LogP contribution in [-0.2, 0) is 13.0 Å². The maximum absolute atomic E-state index is 13.6. The molecule has 0 spiro atoms. The number of aliphatic hydroxyl groups excluding tert-OH is 1. The van der Waals surface area contributed by atoms with Gasteiger partial charge in [-0.2, -0.15) is 5.26 Å². The number of carbonyl (C=O) groups is 1. The molecule has 2 rings (SSSR count). The molecule has 0 fully saturated rings. The van der Waals surface area contributed by atoms with Crippen LogP contribution in [0.4, 0.5) is 9.18 Å². The number of rotatable bonds is 6. The lowest BCUT2D eigenvalue weighted by Gasteiger charge is -2.13. The van der Waals surface area contributed by atoms with Gasteiger partial charge in [-0.15, -0.1) is 0 Å². The highest BCUT2D eigenvalue weighted by atomic mass is 19.1. The van der Waals surface area contributed by atoms with Gasteiger partial charge in [0.2, 0.25) is 0 Å². The predicted octanol–water partition coefficient (Wildman–Crippen LogP) is 2.10. The van der Waals surface area contributed by atoms with Crippen molar-refractivity contribution >= 4 is 6.03 Å². The van der Waals surface area contributed by atoms with Crippen molar-refractivity contribution in [3.63, 3.8) is 0 Å². The van der Waals surface area contributed by atoms with Gasteiger partial charge in [-0.1, -0.05) is 30.3 Å². The molecule has 2 aromatic rings. The van der Waals surface area contributed by atoms with Crippen LogP contribution in [-0.4, -0.2) is 23.8 Å². The normalized spacial score (nSPS) is 11.4. The summed E-state index contributed by atoms with van der Waals surface area (Å²) < 4.78 is 13.6. The third kappa shape index (κ3) is 5.38. The van der Waals surface area contributed by atoms with E-state index in [1.165, 1.54) is 18.2 Å². The number of benzene rings is 2. The monoisotopic (exact) mass is 327 g/mol. The molecule has 0 bridgehead atoms. The Morgan fingerprint density at radius 2 is 1.96 bits per heavy atom. The fraction of sp³-hybridized carbons (Fsp3) is 0.222. The van der Waals surface area contributed by atoms with Crippen LogP contribution >= 0.6 is 0 Å². The fourth-order valence-electron chi connectivity index (χ4n) is 2.19. The minimum atomic E-state index is -0.711. The Balaban J connectivity index is 1.76. The first-order valence-electron chi connectivity index (χ1n) is 7.50. The average Bonchev–Trinajstić information content (AvgIpc) is 2.60. The molecule has 0 aliphatic rings. The van der Waals surface area contributed by atoms with Crippen LogP contribution in [0.15, 0.2) is 48.5 Å². The van der Waals surface area contributed by atoms with Crippen LogP contribution in [0.5, 0.6) is 0 Å². The van der Waals surface area contributed by atoms with Crippen molar-refractivity contribution in [2.75, 3.05) is 6.54 Å². The number of halogens is 1. The molecule has 0 heterocycles. The quantitative estimate of drug-likeness (QED) is 0.759. The van der Waals surface area contributed by atoms with Crippen LogP contribution in [0.25, 0.3) is 0 Å². The lowest BCUT2D eigenvalue weighted by Crippen LogP contribution is -2.40. The molecular formula is C18H18FN3O2. The highest BCUT2D eigenvalue weighted by Gasteiger charge is 2.09. The van der Waals surface area contributed by atoms with Crippen molar-refractivity contribution in [1.82, 2.24) is 10.6 Å². The number of nitriles is 1. The smallest absolute Gasteiger partial charge is 0.315 e. The van der Waals surface area contributed by atoms with Gasteiger partial charge in [0.15, 0.2) is 0 Å². The molecule has 1 unspecified atom stereocenters. The second-order valence-electron chi connectivity index (χ2n) is 5.33. The van der Waals surface area contributed by atoms with Crippen LogP contribution < -0.4 is 10.6 Å². The summed E-state index contributed by atoms with van der Waals surface area (Å²) in [6.45, 7) is 0.0451. The van der Waals surface area contributed by atoms with E-state index in [4.69, 9.17) is 5.26 Å². The van der Waals surface area contributed by atoms with Crippen molar-refractivity contribution < 1.29 is 14.3 Å². The molecule has 6 heteroatoms. The van der Waals surface area contributed by atoms with E-state index in [-0.39, 0.29) is 18.7 Å². The largest absolute Gasteiger partial charge is 0.391 e. The highest BCUT2D eigenvalue weighted by Crippen LogP contribution is 2.09. The Morgan fingerprint density at radius 1 is 1.21 bits per heavy atom. The molecule has 124 valence electrons. The minimum absolute atomic E-state index is 0.0397. The summed E-state index contributed by atoms with van der Waals surface area (Å²) in [4.78, 5) is 11.7. The first-order valence-corrected chi connectivity index (χ1v) is 7.50. The summed E-state index contributed by atoms with van der Waals surface area (Å²) in [6, 6.07) is 14.8. The average molecular weight is 327 g/mol. The fourth-order valence-corrected chi connectivity index (χ4v) is 2.19. The third-order valence-electron chi connectivity index (χ3n) is 3.43. The van der Waals surface area contributed by atoms with Crippen molar-refractivity contribution in [2.24, 2.45) is 0 Å². The summed E-state index contributed by atoms with van der Waals surface area (Å²) in [7, 11) is 0. The molecule has 2 aromatic carbocycles. The van der Waals surface area contributed by atoms with Gasteiger partial charge >= 0.3 is 6.03 Å². The summed E-state index contributed by atoms with van der Waals surface area (Å²) in [6.07, 6.45) is -0.281. The highest BCUT2D eigenvalue weighted by molar-refractivity contribution is 5.73.